The number of hydrogen-bond donors (Lipinski definition) is 1. The first-order chi connectivity index (χ1) is 9.45. The lowest BCUT2D eigenvalue weighted by Crippen LogP contribution is -2.49. The van der Waals surface area contributed by atoms with Gasteiger partial charge in [0.2, 0.25) is 0 Å². The number of hydrogen-bond acceptors (Lipinski definition) is 3. The number of nitrogens with zero attached hydrogens (tertiary/aromatic N) is 1. The summed E-state index contributed by atoms with van der Waals surface area (Å²) in [4.78, 5) is 2.31. The van der Waals surface area contributed by atoms with Gasteiger partial charge in [0.1, 0.15) is 0 Å². The molecule has 2 fully saturated rings. The van der Waals surface area contributed by atoms with Crippen LogP contribution in [-0.2, 0) is 4.74 Å². The highest BCUT2D eigenvalue weighted by molar-refractivity contribution is 4.84. The number of rotatable bonds is 4. The van der Waals surface area contributed by atoms with Crippen LogP contribution in [0.2, 0.25) is 0 Å². The van der Waals surface area contributed by atoms with Crippen LogP contribution in [-0.4, -0.2) is 56.0 Å². The second-order valence-electron chi connectivity index (χ2n) is 6.08. The van der Waals surface area contributed by atoms with Crippen LogP contribution in [0.5, 0.6) is 0 Å². The molecular formula is C14H25F3N2O. The zero-order valence-corrected chi connectivity index (χ0v) is 12.1. The van der Waals surface area contributed by atoms with E-state index in [4.69, 9.17) is 4.74 Å². The minimum Gasteiger partial charge on any atom is -0.379 e. The van der Waals surface area contributed by atoms with Crippen molar-refractivity contribution in [3.8, 4) is 0 Å². The molecule has 20 heavy (non-hydrogen) atoms. The average molecular weight is 294 g/mol. The van der Waals surface area contributed by atoms with Crippen LogP contribution in [0.1, 0.15) is 32.6 Å². The zero-order valence-electron chi connectivity index (χ0n) is 12.1. The van der Waals surface area contributed by atoms with Crippen molar-refractivity contribution in [1.29, 1.82) is 0 Å². The molecule has 118 valence electrons. The van der Waals surface area contributed by atoms with Crippen molar-refractivity contribution in [2.75, 3.05) is 32.8 Å². The summed E-state index contributed by atoms with van der Waals surface area (Å²) < 4.78 is 43.6. The Bertz CT molecular complexity index is 293. The molecule has 0 aromatic heterocycles. The molecule has 1 aliphatic heterocycles. The first-order valence-electron chi connectivity index (χ1n) is 7.58. The Morgan fingerprint density at radius 1 is 1.25 bits per heavy atom. The highest BCUT2D eigenvalue weighted by atomic mass is 19.4. The maximum absolute atomic E-state index is 12.8. The van der Waals surface area contributed by atoms with Crippen molar-refractivity contribution in [3.63, 3.8) is 0 Å². The highest BCUT2D eigenvalue weighted by Crippen LogP contribution is 2.37. The topological polar surface area (TPSA) is 24.5 Å². The highest BCUT2D eigenvalue weighted by Gasteiger charge is 2.42. The van der Waals surface area contributed by atoms with Crippen molar-refractivity contribution >= 4 is 0 Å². The summed E-state index contributed by atoms with van der Waals surface area (Å²) >= 11 is 0. The lowest BCUT2D eigenvalue weighted by atomic mass is 9.85. The number of ether oxygens (including phenoxy) is 1. The largest absolute Gasteiger partial charge is 0.391 e. The molecule has 0 aromatic rings. The van der Waals surface area contributed by atoms with Crippen LogP contribution in [0, 0.1) is 5.92 Å². The van der Waals surface area contributed by atoms with Crippen LogP contribution >= 0.6 is 0 Å². The van der Waals surface area contributed by atoms with Gasteiger partial charge in [-0.05, 0) is 26.2 Å². The molecule has 0 aromatic carbocycles. The second kappa shape index (κ2) is 7.09. The second-order valence-corrected chi connectivity index (χ2v) is 6.08. The van der Waals surface area contributed by atoms with Gasteiger partial charge in [-0.1, -0.05) is 6.42 Å². The van der Waals surface area contributed by atoms with Crippen molar-refractivity contribution in [2.24, 2.45) is 5.92 Å². The van der Waals surface area contributed by atoms with Crippen LogP contribution in [0.3, 0.4) is 0 Å². The van der Waals surface area contributed by atoms with Crippen LogP contribution in [0.15, 0.2) is 0 Å². The van der Waals surface area contributed by atoms with Crippen LogP contribution < -0.4 is 5.32 Å². The van der Waals surface area contributed by atoms with E-state index in [0.29, 0.717) is 12.8 Å². The van der Waals surface area contributed by atoms with Crippen molar-refractivity contribution in [2.45, 2.75) is 50.9 Å². The van der Waals surface area contributed by atoms with Gasteiger partial charge in [-0.3, -0.25) is 4.90 Å². The monoisotopic (exact) mass is 294 g/mol. The molecule has 0 amide bonds. The molecule has 1 heterocycles. The lowest BCUT2D eigenvalue weighted by molar-refractivity contribution is -0.183. The van der Waals surface area contributed by atoms with Crippen LogP contribution in [0.4, 0.5) is 13.2 Å². The Morgan fingerprint density at radius 2 is 1.95 bits per heavy atom. The van der Waals surface area contributed by atoms with Gasteiger partial charge in [-0.25, -0.2) is 0 Å². The standard InChI is InChI=1S/C14H25F3N2O/c1-11(10-19-5-7-20-8-6-19)18-13-4-2-3-12(9-13)14(15,16)17/h11-13,18H,2-10H2,1H3. The SMILES string of the molecule is CC(CN1CCOCC1)NC1CCCC(C(F)(F)F)C1. The molecule has 1 saturated heterocycles. The van der Waals surface area contributed by atoms with Gasteiger partial charge in [-0.2, -0.15) is 13.2 Å². The maximum Gasteiger partial charge on any atom is 0.391 e. The van der Waals surface area contributed by atoms with E-state index in [-0.39, 0.29) is 18.5 Å². The van der Waals surface area contributed by atoms with E-state index in [0.717, 1.165) is 39.3 Å². The van der Waals surface area contributed by atoms with Gasteiger partial charge in [-0.15, -0.1) is 0 Å². The first kappa shape index (κ1) is 16.0. The molecule has 1 N–H and O–H groups in total. The third-order valence-corrected chi connectivity index (χ3v) is 4.29. The van der Waals surface area contributed by atoms with Crippen molar-refractivity contribution in [3.05, 3.63) is 0 Å². The van der Waals surface area contributed by atoms with E-state index in [1.54, 1.807) is 0 Å². The van der Waals surface area contributed by atoms with E-state index < -0.39 is 12.1 Å². The zero-order chi connectivity index (χ0) is 14.6. The molecule has 1 saturated carbocycles. The summed E-state index contributed by atoms with van der Waals surface area (Å²) in [6, 6.07) is 0.233. The Kier molecular flexibility index (Phi) is 5.69. The summed E-state index contributed by atoms with van der Waals surface area (Å²) in [7, 11) is 0. The molecule has 0 spiro atoms. The van der Waals surface area contributed by atoms with Gasteiger partial charge in [0.25, 0.3) is 0 Å². The fourth-order valence-electron chi connectivity index (χ4n) is 3.26. The van der Waals surface area contributed by atoms with E-state index in [1.807, 2.05) is 0 Å². The maximum atomic E-state index is 12.8. The molecule has 2 rings (SSSR count). The number of halogens is 3. The van der Waals surface area contributed by atoms with Gasteiger partial charge in [0, 0.05) is 31.7 Å². The summed E-state index contributed by atoms with van der Waals surface area (Å²) in [5.41, 5.74) is 0. The Morgan fingerprint density at radius 3 is 2.60 bits per heavy atom. The van der Waals surface area contributed by atoms with Gasteiger partial charge in [0.05, 0.1) is 19.1 Å². The quantitative estimate of drug-likeness (QED) is 0.862. The molecule has 6 heteroatoms. The molecule has 3 unspecified atom stereocenters. The fourth-order valence-corrected chi connectivity index (χ4v) is 3.26. The number of alkyl halides is 3. The summed E-state index contributed by atoms with van der Waals surface area (Å²) in [5, 5.41) is 3.39. The summed E-state index contributed by atoms with van der Waals surface area (Å²) in [6.07, 6.45) is -1.98. The third kappa shape index (κ3) is 4.90. The van der Waals surface area contributed by atoms with E-state index >= 15 is 0 Å². The Labute approximate surface area is 118 Å². The smallest absolute Gasteiger partial charge is 0.379 e. The van der Waals surface area contributed by atoms with E-state index in [1.165, 1.54) is 0 Å². The summed E-state index contributed by atoms with van der Waals surface area (Å²) in [5.74, 6) is -1.12. The molecule has 3 atom stereocenters. The Balaban J connectivity index is 1.74. The van der Waals surface area contributed by atoms with Gasteiger partial charge >= 0.3 is 6.18 Å². The van der Waals surface area contributed by atoms with Crippen molar-refractivity contribution in [1.82, 2.24) is 10.2 Å². The fraction of sp³-hybridized carbons (Fsp3) is 1.00. The van der Waals surface area contributed by atoms with Gasteiger partial charge in [0.15, 0.2) is 0 Å². The molecule has 3 nitrogen and oxygen atoms in total. The normalized spacial score (nSPS) is 31.2. The minimum atomic E-state index is -4.03. The van der Waals surface area contributed by atoms with Gasteiger partial charge < -0.3 is 10.1 Å². The first-order valence-corrected chi connectivity index (χ1v) is 7.58. The lowest BCUT2D eigenvalue weighted by Gasteiger charge is -2.35. The molecular weight excluding hydrogens is 269 g/mol. The molecule has 1 aliphatic carbocycles. The number of morpholine rings is 1. The van der Waals surface area contributed by atoms with E-state index in [9.17, 15) is 13.2 Å². The number of nitrogens with one attached hydrogen (secondary N) is 1. The predicted molar refractivity (Wildman–Crippen MR) is 71.7 cm³/mol. The molecule has 0 radical (unpaired) electrons. The predicted octanol–water partition coefficient (Wildman–Crippen LogP) is 2.42. The molecule has 2 aliphatic rings. The van der Waals surface area contributed by atoms with Crippen LogP contribution in [0.25, 0.3) is 0 Å². The Hall–Kier alpha value is -0.330. The van der Waals surface area contributed by atoms with Crippen molar-refractivity contribution < 1.29 is 17.9 Å². The summed E-state index contributed by atoms with van der Waals surface area (Å²) in [6.45, 7) is 6.30. The molecule has 0 bridgehead atoms. The third-order valence-electron chi connectivity index (χ3n) is 4.29. The minimum absolute atomic E-state index is 0.00594. The average Bonchev–Trinajstić information content (AvgIpc) is 2.39. The van der Waals surface area contributed by atoms with E-state index in [2.05, 4.69) is 17.1 Å².